The normalized spacial score (nSPS) is 18.9. The number of hydrogen-bond donors (Lipinski definition) is 2. The van der Waals surface area contributed by atoms with Gasteiger partial charge in [-0.15, -0.1) is 11.3 Å². The van der Waals surface area contributed by atoms with Crippen LogP contribution in [0.4, 0.5) is 0 Å². The summed E-state index contributed by atoms with van der Waals surface area (Å²) < 4.78 is 32.8. The molecule has 1 aliphatic heterocycles. The Morgan fingerprint density at radius 2 is 2.05 bits per heavy atom. The molecule has 1 aliphatic rings. The minimum atomic E-state index is -3.72. The summed E-state index contributed by atoms with van der Waals surface area (Å²) in [5, 5.41) is 8.94. The molecule has 0 saturated carbocycles. The van der Waals surface area contributed by atoms with Gasteiger partial charge in [0.15, 0.2) is 0 Å². The molecule has 20 heavy (non-hydrogen) atoms. The molecule has 0 aliphatic carbocycles. The molecule has 1 saturated heterocycles. The monoisotopic (exact) mass is 319 g/mol. The molecule has 0 spiro atoms. The number of rotatable bonds is 4. The smallest absolute Gasteiger partial charge is 0.345 e. The molecular weight excluding hydrogens is 302 g/mol. The van der Waals surface area contributed by atoms with Crippen molar-refractivity contribution in [2.75, 3.05) is 13.2 Å². The number of aromatic carboxylic acids is 1. The Kier molecular flexibility index (Phi) is 4.19. The van der Waals surface area contributed by atoms with E-state index in [4.69, 9.17) is 9.84 Å². The van der Waals surface area contributed by atoms with E-state index in [-0.39, 0.29) is 9.77 Å². The molecule has 0 unspecified atom stereocenters. The second kappa shape index (κ2) is 5.44. The number of ether oxygens (including phenoxy) is 1. The molecule has 0 aromatic carbocycles. The third-order valence-electron chi connectivity index (χ3n) is 3.35. The van der Waals surface area contributed by atoms with Crippen molar-refractivity contribution in [3.05, 3.63) is 15.8 Å². The highest BCUT2D eigenvalue weighted by Gasteiger charge is 2.34. The van der Waals surface area contributed by atoms with E-state index in [0.717, 1.165) is 11.3 Å². The molecule has 8 heteroatoms. The zero-order chi connectivity index (χ0) is 15.0. The number of thiophene rings is 1. The molecule has 6 nitrogen and oxygen atoms in total. The highest BCUT2D eigenvalue weighted by atomic mass is 32.2. The molecular formula is C12H17NO5S2. The minimum Gasteiger partial charge on any atom is -0.477 e. The van der Waals surface area contributed by atoms with E-state index in [9.17, 15) is 13.2 Å². The second-order valence-corrected chi connectivity index (χ2v) is 8.02. The Hall–Kier alpha value is -0.960. The van der Waals surface area contributed by atoms with E-state index in [1.54, 1.807) is 6.92 Å². The Labute approximate surface area is 121 Å². The number of carbonyl (C=O) groups is 1. The lowest BCUT2D eigenvalue weighted by Gasteiger charge is -2.33. The molecule has 0 atom stereocenters. The van der Waals surface area contributed by atoms with E-state index in [0.29, 0.717) is 30.9 Å². The van der Waals surface area contributed by atoms with Gasteiger partial charge in [-0.3, -0.25) is 0 Å². The Morgan fingerprint density at radius 1 is 1.45 bits per heavy atom. The van der Waals surface area contributed by atoms with Gasteiger partial charge in [-0.1, -0.05) is 0 Å². The summed E-state index contributed by atoms with van der Waals surface area (Å²) in [7, 11) is -3.72. The van der Waals surface area contributed by atoms with Crippen LogP contribution in [0.25, 0.3) is 0 Å². The first-order valence-electron chi connectivity index (χ1n) is 6.19. The topological polar surface area (TPSA) is 92.7 Å². The number of nitrogens with one attached hydrogen (secondary N) is 1. The number of carboxylic acids is 1. The Morgan fingerprint density at radius 3 is 2.55 bits per heavy atom. The van der Waals surface area contributed by atoms with Crippen LogP contribution >= 0.6 is 11.3 Å². The van der Waals surface area contributed by atoms with Crippen molar-refractivity contribution < 1.29 is 23.1 Å². The van der Waals surface area contributed by atoms with Gasteiger partial charge in [-0.2, -0.15) is 0 Å². The highest BCUT2D eigenvalue weighted by Crippen LogP contribution is 2.28. The highest BCUT2D eigenvalue weighted by molar-refractivity contribution is 7.89. The first-order valence-corrected chi connectivity index (χ1v) is 8.49. The van der Waals surface area contributed by atoms with Crippen molar-refractivity contribution in [1.82, 2.24) is 4.72 Å². The van der Waals surface area contributed by atoms with Gasteiger partial charge < -0.3 is 9.84 Å². The lowest BCUT2D eigenvalue weighted by Crippen LogP contribution is -2.49. The summed E-state index contributed by atoms with van der Waals surface area (Å²) in [6.07, 6.45) is 1.20. The van der Waals surface area contributed by atoms with Gasteiger partial charge in [0.05, 0.1) is 4.90 Å². The summed E-state index contributed by atoms with van der Waals surface area (Å²) in [6.45, 7) is 4.48. The van der Waals surface area contributed by atoms with Crippen LogP contribution in [0.3, 0.4) is 0 Å². The van der Waals surface area contributed by atoms with E-state index in [1.807, 2.05) is 6.92 Å². The fourth-order valence-electron chi connectivity index (χ4n) is 2.14. The van der Waals surface area contributed by atoms with E-state index in [2.05, 4.69) is 4.72 Å². The molecule has 1 aromatic heterocycles. The predicted octanol–water partition coefficient (Wildman–Crippen LogP) is 1.60. The summed E-state index contributed by atoms with van der Waals surface area (Å²) >= 11 is 0.967. The van der Waals surface area contributed by atoms with Crippen LogP contribution in [0.15, 0.2) is 11.0 Å². The van der Waals surface area contributed by atoms with Crippen molar-refractivity contribution >= 4 is 27.3 Å². The van der Waals surface area contributed by atoms with Crippen molar-refractivity contribution in [1.29, 1.82) is 0 Å². The lowest BCUT2D eigenvalue weighted by molar-refractivity contribution is 0.0537. The molecule has 2 rings (SSSR count). The van der Waals surface area contributed by atoms with Crippen LogP contribution in [0.2, 0.25) is 0 Å². The van der Waals surface area contributed by atoms with Crippen molar-refractivity contribution in [3.8, 4) is 0 Å². The lowest BCUT2D eigenvalue weighted by atomic mass is 9.94. The molecule has 0 radical (unpaired) electrons. The fraction of sp³-hybridized carbons (Fsp3) is 0.583. The largest absolute Gasteiger partial charge is 0.477 e. The Bertz CT molecular complexity index is 614. The average Bonchev–Trinajstić information content (AvgIpc) is 2.72. The average molecular weight is 319 g/mol. The third-order valence-corrected chi connectivity index (χ3v) is 6.28. The van der Waals surface area contributed by atoms with E-state index in [1.165, 1.54) is 6.07 Å². The Balaban J connectivity index is 2.28. The van der Waals surface area contributed by atoms with Gasteiger partial charge in [0.25, 0.3) is 0 Å². The van der Waals surface area contributed by atoms with Crippen LogP contribution in [0.5, 0.6) is 0 Å². The van der Waals surface area contributed by atoms with Crippen LogP contribution in [0.1, 0.15) is 34.3 Å². The van der Waals surface area contributed by atoms with E-state index >= 15 is 0 Å². The second-order valence-electron chi connectivity index (χ2n) is 5.11. The summed E-state index contributed by atoms with van der Waals surface area (Å²) in [5.41, 5.74) is -0.547. The van der Waals surface area contributed by atoms with Crippen LogP contribution in [-0.4, -0.2) is 38.2 Å². The number of aryl methyl sites for hydroxylation is 1. The van der Waals surface area contributed by atoms with Gasteiger partial charge >= 0.3 is 5.97 Å². The van der Waals surface area contributed by atoms with Gasteiger partial charge in [0.2, 0.25) is 10.0 Å². The van der Waals surface area contributed by atoms with Gasteiger partial charge in [-0.25, -0.2) is 17.9 Å². The van der Waals surface area contributed by atoms with E-state index < -0.39 is 21.5 Å². The van der Waals surface area contributed by atoms with Gasteiger partial charge in [-0.05, 0) is 32.8 Å². The zero-order valence-electron chi connectivity index (χ0n) is 11.3. The molecule has 0 amide bonds. The summed E-state index contributed by atoms with van der Waals surface area (Å²) in [4.78, 5) is 11.5. The predicted molar refractivity (Wildman–Crippen MR) is 74.8 cm³/mol. The number of sulfonamides is 1. The molecule has 2 N–H and O–H groups in total. The minimum absolute atomic E-state index is 0.0278. The molecule has 0 bridgehead atoms. The van der Waals surface area contributed by atoms with Crippen molar-refractivity contribution in [3.63, 3.8) is 0 Å². The third kappa shape index (κ3) is 3.20. The van der Waals surface area contributed by atoms with Crippen molar-refractivity contribution in [2.24, 2.45) is 0 Å². The zero-order valence-corrected chi connectivity index (χ0v) is 12.9. The molecule has 1 aromatic rings. The number of carboxylic acid groups (broad SMARTS) is 1. The fourth-order valence-corrected chi connectivity index (χ4v) is 5.04. The first-order chi connectivity index (χ1) is 9.23. The molecule has 2 heterocycles. The van der Waals surface area contributed by atoms with Crippen LogP contribution in [0, 0.1) is 6.92 Å². The first kappa shape index (κ1) is 15.4. The maximum absolute atomic E-state index is 12.4. The summed E-state index contributed by atoms with van der Waals surface area (Å²) in [5.74, 6) is -1.11. The standard InChI is InChI=1S/C12H17NO5S2/c1-8-10(7-9(19-8)11(14)15)20(16,17)13-12(2)3-5-18-6-4-12/h7,13H,3-6H2,1-2H3,(H,14,15). The van der Waals surface area contributed by atoms with Gasteiger partial charge in [0, 0.05) is 23.6 Å². The molecule has 1 fully saturated rings. The SMILES string of the molecule is Cc1sc(C(=O)O)cc1S(=O)(=O)NC1(C)CCOCC1. The summed E-state index contributed by atoms with van der Waals surface area (Å²) in [6, 6.07) is 1.22. The van der Waals surface area contributed by atoms with Crippen LogP contribution < -0.4 is 4.72 Å². The maximum atomic E-state index is 12.4. The maximum Gasteiger partial charge on any atom is 0.345 e. The van der Waals surface area contributed by atoms with Crippen molar-refractivity contribution in [2.45, 2.75) is 37.1 Å². The quantitative estimate of drug-likeness (QED) is 0.879. The van der Waals surface area contributed by atoms with Crippen LogP contribution in [-0.2, 0) is 14.8 Å². The number of hydrogen-bond acceptors (Lipinski definition) is 5. The van der Waals surface area contributed by atoms with Gasteiger partial charge in [0.1, 0.15) is 4.88 Å². The molecule has 112 valence electrons.